The van der Waals surface area contributed by atoms with Crippen LogP contribution in [0.3, 0.4) is 0 Å². The average molecular weight is 537 g/mol. The summed E-state index contributed by atoms with van der Waals surface area (Å²) >= 11 is 4.58. The fourth-order valence-electron chi connectivity index (χ4n) is 3.32. The first-order valence-electron chi connectivity index (χ1n) is 10.5. The van der Waals surface area contributed by atoms with Crippen LogP contribution in [0.25, 0.3) is 16.6 Å². The molecule has 2 N–H and O–H groups in total. The number of halogens is 1. The molecule has 4 aromatic rings. The van der Waals surface area contributed by atoms with Crippen LogP contribution >= 0.6 is 27.7 Å². The number of carbonyl (C=O) groups is 1. The van der Waals surface area contributed by atoms with Crippen LogP contribution in [0.5, 0.6) is 5.75 Å². The third-order valence-electron chi connectivity index (χ3n) is 5.01. The van der Waals surface area contributed by atoms with Gasteiger partial charge in [-0.2, -0.15) is 5.10 Å². The Morgan fingerprint density at radius 1 is 1.09 bits per heavy atom. The minimum atomic E-state index is -0.320. The van der Waals surface area contributed by atoms with E-state index in [0.717, 1.165) is 10.0 Å². The number of hydrazone groups is 1. The van der Waals surface area contributed by atoms with Crippen LogP contribution in [0.4, 0.5) is 0 Å². The summed E-state index contributed by atoms with van der Waals surface area (Å²) in [7, 11) is 0. The van der Waals surface area contributed by atoms with E-state index in [9.17, 15) is 14.7 Å². The van der Waals surface area contributed by atoms with Crippen molar-refractivity contribution in [2.24, 2.45) is 5.10 Å². The predicted molar refractivity (Wildman–Crippen MR) is 139 cm³/mol. The van der Waals surface area contributed by atoms with E-state index in [-0.39, 0.29) is 23.0 Å². The second kappa shape index (κ2) is 10.7. The number of nitrogens with zero attached hydrogens (tertiary/aromatic N) is 3. The SMILES string of the molecule is CC/C(=N\NC(=O)CSc1nc2ccccc2c(=O)n1-c1ccc(Br)cc1)c1ccc(O)cc1. The van der Waals surface area contributed by atoms with Crippen LogP contribution < -0.4 is 11.0 Å². The van der Waals surface area contributed by atoms with E-state index in [1.54, 1.807) is 42.5 Å². The highest BCUT2D eigenvalue weighted by Crippen LogP contribution is 2.22. The maximum absolute atomic E-state index is 13.3. The van der Waals surface area contributed by atoms with Crippen molar-refractivity contribution >= 4 is 50.2 Å². The number of fused-ring (bicyclic) bond motifs is 1. The van der Waals surface area contributed by atoms with E-state index >= 15 is 0 Å². The summed E-state index contributed by atoms with van der Waals surface area (Å²) in [6, 6.07) is 21.1. The quantitative estimate of drug-likeness (QED) is 0.152. The molecule has 0 saturated heterocycles. The van der Waals surface area contributed by atoms with Gasteiger partial charge in [-0.05, 0) is 72.6 Å². The summed E-state index contributed by atoms with van der Waals surface area (Å²) in [4.78, 5) is 30.5. The molecular weight excluding hydrogens is 516 g/mol. The zero-order chi connectivity index (χ0) is 24.1. The molecule has 0 radical (unpaired) electrons. The van der Waals surface area contributed by atoms with Crippen LogP contribution in [0, 0.1) is 0 Å². The van der Waals surface area contributed by atoms with Crippen LogP contribution in [0.15, 0.2) is 92.3 Å². The molecule has 9 heteroatoms. The number of carbonyl (C=O) groups excluding carboxylic acids is 1. The van der Waals surface area contributed by atoms with Crippen molar-refractivity contribution in [3.05, 3.63) is 93.2 Å². The first-order chi connectivity index (χ1) is 16.5. The number of amides is 1. The van der Waals surface area contributed by atoms with Crippen molar-refractivity contribution in [2.75, 3.05) is 5.75 Å². The second-order valence-electron chi connectivity index (χ2n) is 7.31. The molecule has 0 aliphatic heterocycles. The molecule has 7 nitrogen and oxygen atoms in total. The van der Waals surface area contributed by atoms with Gasteiger partial charge in [-0.3, -0.25) is 14.2 Å². The van der Waals surface area contributed by atoms with E-state index in [1.165, 1.54) is 16.3 Å². The zero-order valence-electron chi connectivity index (χ0n) is 18.2. The third-order valence-corrected chi connectivity index (χ3v) is 6.48. The first-order valence-corrected chi connectivity index (χ1v) is 12.3. The number of phenols is 1. The van der Waals surface area contributed by atoms with Crippen molar-refractivity contribution in [1.82, 2.24) is 15.0 Å². The Morgan fingerprint density at radius 3 is 2.50 bits per heavy atom. The molecule has 0 spiro atoms. The molecule has 34 heavy (non-hydrogen) atoms. The monoisotopic (exact) mass is 536 g/mol. The van der Waals surface area contributed by atoms with Crippen molar-refractivity contribution in [2.45, 2.75) is 18.5 Å². The van der Waals surface area contributed by atoms with Crippen molar-refractivity contribution in [3.63, 3.8) is 0 Å². The van der Waals surface area contributed by atoms with Crippen LogP contribution in [0.2, 0.25) is 0 Å². The molecule has 1 amide bonds. The third kappa shape index (κ3) is 5.37. The van der Waals surface area contributed by atoms with Gasteiger partial charge in [0.1, 0.15) is 5.75 Å². The number of phenolic OH excluding ortho intramolecular Hbond substituents is 1. The van der Waals surface area contributed by atoms with Gasteiger partial charge in [0.2, 0.25) is 0 Å². The lowest BCUT2D eigenvalue weighted by atomic mass is 10.1. The molecule has 0 atom stereocenters. The van der Waals surface area contributed by atoms with Gasteiger partial charge in [0.05, 0.1) is 28.1 Å². The maximum Gasteiger partial charge on any atom is 0.266 e. The lowest BCUT2D eigenvalue weighted by Gasteiger charge is -2.13. The van der Waals surface area contributed by atoms with Gasteiger partial charge in [-0.25, -0.2) is 10.4 Å². The van der Waals surface area contributed by atoms with Gasteiger partial charge in [0.25, 0.3) is 11.5 Å². The molecule has 0 saturated carbocycles. The van der Waals surface area contributed by atoms with Crippen molar-refractivity contribution in [1.29, 1.82) is 0 Å². The van der Waals surface area contributed by atoms with Gasteiger partial charge in [-0.1, -0.05) is 46.7 Å². The molecule has 0 fully saturated rings. The zero-order valence-corrected chi connectivity index (χ0v) is 20.6. The molecule has 0 aliphatic rings. The molecular formula is C25H21BrN4O3S. The van der Waals surface area contributed by atoms with Crippen molar-refractivity contribution in [3.8, 4) is 11.4 Å². The molecule has 0 bridgehead atoms. The average Bonchev–Trinajstić information content (AvgIpc) is 2.85. The molecule has 1 aromatic heterocycles. The molecule has 172 valence electrons. The number of aromatic nitrogens is 2. The minimum absolute atomic E-state index is 0.0252. The van der Waals surface area contributed by atoms with E-state index in [2.05, 4.69) is 31.4 Å². The Hall–Kier alpha value is -3.43. The number of hydrogen-bond acceptors (Lipinski definition) is 6. The topological polar surface area (TPSA) is 96.6 Å². The summed E-state index contributed by atoms with van der Waals surface area (Å²) in [5.74, 6) is -0.129. The van der Waals surface area contributed by atoms with E-state index < -0.39 is 0 Å². The standard InChI is InChI=1S/C25H21BrN4O3S/c1-2-21(16-7-13-19(31)14-8-16)28-29-23(32)15-34-25-27-22-6-4-3-5-20(22)24(33)30(25)18-11-9-17(26)10-12-18/h3-14,31H,2,15H2,1H3,(H,29,32)/b28-21+. The second-order valence-corrected chi connectivity index (χ2v) is 9.17. The molecule has 3 aromatic carbocycles. The van der Waals surface area contributed by atoms with Gasteiger partial charge >= 0.3 is 0 Å². The first kappa shape index (κ1) is 23.7. The number of hydrogen-bond donors (Lipinski definition) is 2. The minimum Gasteiger partial charge on any atom is -0.508 e. The van der Waals surface area contributed by atoms with Gasteiger partial charge in [0, 0.05) is 4.47 Å². The number of para-hydroxylation sites is 1. The fourth-order valence-corrected chi connectivity index (χ4v) is 4.39. The predicted octanol–water partition coefficient (Wildman–Crippen LogP) is 4.88. The number of aromatic hydroxyl groups is 1. The van der Waals surface area contributed by atoms with Crippen LogP contribution in [-0.2, 0) is 4.79 Å². The van der Waals surface area contributed by atoms with E-state index in [0.29, 0.717) is 33.9 Å². The largest absolute Gasteiger partial charge is 0.508 e. The maximum atomic E-state index is 13.3. The Bertz CT molecular complexity index is 1420. The Balaban J connectivity index is 1.58. The lowest BCUT2D eigenvalue weighted by molar-refractivity contribution is -0.118. The summed E-state index contributed by atoms with van der Waals surface area (Å²) in [6.07, 6.45) is 0.605. The Morgan fingerprint density at radius 2 is 1.79 bits per heavy atom. The molecule has 1 heterocycles. The highest BCUT2D eigenvalue weighted by atomic mass is 79.9. The lowest BCUT2D eigenvalue weighted by Crippen LogP contribution is -2.24. The number of rotatable bonds is 7. The van der Waals surface area contributed by atoms with E-state index in [1.807, 2.05) is 37.3 Å². The molecule has 4 rings (SSSR count). The molecule has 0 unspecified atom stereocenters. The highest BCUT2D eigenvalue weighted by molar-refractivity contribution is 9.10. The van der Waals surface area contributed by atoms with Gasteiger partial charge in [-0.15, -0.1) is 0 Å². The number of nitrogens with one attached hydrogen (secondary N) is 1. The summed E-state index contributed by atoms with van der Waals surface area (Å²) < 4.78 is 2.41. The fraction of sp³-hybridized carbons (Fsp3) is 0.120. The Kier molecular flexibility index (Phi) is 7.44. The highest BCUT2D eigenvalue weighted by Gasteiger charge is 2.15. The van der Waals surface area contributed by atoms with Gasteiger partial charge < -0.3 is 5.11 Å². The van der Waals surface area contributed by atoms with Gasteiger partial charge in [0.15, 0.2) is 5.16 Å². The number of benzene rings is 3. The van der Waals surface area contributed by atoms with Crippen LogP contribution in [-0.4, -0.2) is 32.0 Å². The normalized spacial score (nSPS) is 11.5. The van der Waals surface area contributed by atoms with Crippen molar-refractivity contribution < 1.29 is 9.90 Å². The molecule has 0 aliphatic carbocycles. The summed E-state index contributed by atoms with van der Waals surface area (Å²) in [5.41, 5.74) is 5.11. The summed E-state index contributed by atoms with van der Waals surface area (Å²) in [5, 5.41) is 14.6. The summed E-state index contributed by atoms with van der Waals surface area (Å²) in [6.45, 7) is 1.93. The number of thioether (sulfide) groups is 1. The van der Waals surface area contributed by atoms with E-state index in [4.69, 9.17) is 0 Å². The Labute approximate surface area is 208 Å². The smallest absolute Gasteiger partial charge is 0.266 e. The van der Waals surface area contributed by atoms with Crippen LogP contribution in [0.1, 0.15) is 18.9 Å².